The number of hydrogen-bond acceptors (Lipinski definition) is 2. The molecule has 11 heavy (non-hydrogen) atoms. The van der Waals surface area contributed by atoms with Crippen LogP contribution in [-0.2, 0) is 9.47 Å². The second kappa shape index (κ2) is 3.46. The molecule has 1 fully saturated rings. The molecule has 2 heteroatoms. The molecule has 0 unspecified atom stereocenters. The van der Waals surface area contributed by atoms with Gasteiger partial charge in [0.15, 0.2) is 11.5 Å². The van der Waals surface area contributed by atoms with Crippen LogP contribution in [-0.4, -0.2) is 6.79 Å². The van der Waals surface area contributed by atoms with Gasteiger partial charge in [-0.25, -0.2) is 0 Å². The molecule has 0 aromatic heterocycles. The minimum atomic E-state index is 0.359. The van der Waals surface area contributed by atoms with E-state index in [0.717, 1.165) is 11.5 Å². The van der Waals surface area contributed by atoms with E-state index in [1.807, 2.05) is 13.0 Å². The molecule has 0 N–H and O–H groups in total. The maximum atomic E-state index is 5.24. The number of ether oxygens (including phenoxy) is 2. The normalized spacial score (nSPS) is 24.4. The standard InChI is InChI=1S/C9H14O2/c1-4-8-9(5-7(2)3)11-6-10-8/h4-5,7H,6H2,1-3H3. The van der Waals surface area contributed by atoms with E-state index < -0.39 is 0 Å². The highest BCUT2D eigenvalue weighted by molar-refractivity contribution is 5.21. The maximum absolute atomic E-state index is 5.24. The summed E-state index contributed by atoms with van der Waals surface area (Å²) in [4.78, 5) is 0. The molecule has 1 aliphatic heterocycles. The van der Waals surface area contributed by atoms with E-state index >= 15 is 0 Å². The molecule has 0 atom stereocenters. The lowest BCUT2D eigenvalue weighted by molar-refractivity contribution is 0.0972. The monoisotopic (exact) mass is 154 g/mol. The van der Waals surface area contributed by atoms with Gasteiger partial charge in [0.25, 0.3) is 0 Å². The first-order chi connectivity index (χ1) is 5.24. The van der Waals surface area contributed by atoms with E-state index in [-0.39, 0.29) is 0 Å². The summed E-state index contributed by atoms with van der Waals surface area (Å²) in [6, 6.07) is 0. The zero-order valence-electron chi connectivity index (χ0n) is 7.26. The molecule has 0 saturated carbocycles. The fourth-order valence-electron chi connectivity index (χ4n) is 0.957. The average molecular weight is 154 g/mol. The van der Waals surface area contributed by atoms with Gasteiger partial charge in [-0.1, -0.05) is 13.8 Å². The summed E-state index contributed by atoms with van der Waals surface area (Å²) in [5, 5.41) is 0. The van der Waals surface area contributed by atoms with Crippen molar-refractivity contribution in [2.45, 2.75) is 20.8 Å². The zero-order valence-corrected chi connectivity index (χ0v) is 7.26. The summed E-state index contributed by atoms with van der Waals surface area (Å²) >= 11 is 0. The minimum Gasteiger partial charge on any atom is -0.454 e. The summed E-state index contributed by atoms with van der Waals surface area (Å²) in [6.07, 6.45) is 3.98. The first-order valence-corrected chi connectivity index (χ1v) is 3.88. The molecule has 1 heterocycles. The summed E-state index contributed by atoms with van der Waals surface area (Å²) in [7, 11) is 0. The van der Waals surface area contributed by atoms with Crippen molar-refractivity contribution in [1.82, 2.24) is 0 Å². The molecule has 2 nitrogen and oxygen atoms in total. The van der Waals surface area contributed by atoms with Gasteiger partial charge in [0.2, 0.25) is 6.79 Å². The van der Waals surface area contributed by atoms with Gasteiger partial charge in [-0.2, -0.15) is 0 Å². The third-order valence-corrected chi connectivity index (χ3v) is 1.42. The van der Waals surface area contributed by atoms with Crippen LogP contribution in [0.3, 0.4) is 0 Å². The van der Waals surface area contributed by atoms with Gasteiger partial charge in [-0.05, 0) is 25.0 Å². The molecule has 0 aromatic rings. The predicted octanol–water partition coefficient (Wildman–Crippen LogP) is 2.43. The Labute approximate surface area is 67.5 Å². The Morgan fingerprint density at radius 3 is 2.45 bits per heavy atom. The zero-order chi connectivity index (χ0) is 8.27. The lowest BCUT2D eigenvalue weighted by Crippen LogP contribution is -1.87. The molecule has 62 valence electrons. The summed E-state index contributed by atoms with van der Waals surface area (Å²) in [5.74, 6) is 2.24. The van der Waals surface area contributed by atoms with E-state index in [2.05, 4.69) is 19.9 Å². The molecule has 0 amide bonds. The Morgan fingerprint density at radius 1 is 1.27 bits per heavy atom. The Bertz CT molecular complexity index is 190. The van der Waals surface area contributed by atoms with Crippen molar-refractivity contribution in [3.05, 3.63) is 23.7 Å². The molecule has 0 aromatic carbocycles. The fraction of sp³-hybridized carbons (Fsp3) is 0.556. The maximum Gasteiger partial charge on any atom is 0.231 e. The summed E-state index contributed by atoms with van der Waals surface area (Å²) < 4.78 is 10.4. The van der Waals surface area contributed by atoms with Crippen molar-refractivity contribution in [3.63, 3.8) is 0 Å². The van der Waals surface area contributed by atoms with Crippen LogP contribution in [0.1, 0.15) is 20.8 Å². The summed E-state index contributed by atoms with van der Waals surface area (Å²) in [6.45, 7) is 6.53. The van der Waals surface area contributed by atoms with Crippen LogP contribution in [0.4, 0.5) is 0 Å². The third kappa shape index (κ3) is 2.00. The number of allylic oxidation sites excluding steroid dienone is 2. The van der Waals surface area contributed by atoms with Gasteiger partial charge < -0.3 is 9.47 Å². The van der Waals surface area contributed by atoms with Crippen LogP contribution in [0.15, 0.2) is 23.7 Å². The topological polar surface area (TPSA) is 18.5 Å². The SMILES string of the molecule is CC=C1OCOC1=CC(C)C. The molecule has 0 radical (unpaired) electrons. The van der Waals surface area contributed by atoms with Crippen molar-refractivity contribution in [1.29, 1.82) is 0 Å². The van der Waals surface area contributed by atoms with Crippen LogP contribution < -0.4 is 0 Å². The Balaban J connectivity index is 2.71. The van der Waals surface area contributed by atoms with Crippen molar-refractivity contribution in [3.8, 4) is 0 Å². The second-order valence-corrected chi connectivity index (χ2v) is 2.83. The largest absolute Gasteiger partial charge is 0.454 e. The molecule has 1 saturated heterocycles. The molecule has 0 aliphatic carbocycles. The lowest BCUT2D eigenvalue weighted by atomic mass is 10.2. The van der Waals surface area contributed by atoms with Crippen molar-refractivity contribution in [2.75, 3.05) is 6.79 Å². The van der Waals surface area contributed by atoms with E-state index in [1.165, 1.54) is 0 Å². The van der Waals surface area contributed by atoms with Gasteiger partial charge in [0.1, 0.15) is 0 Å². The quantitative estimate of drug-likeness (QED) is 0.577. The number of rotatable bonds is 1. The average Bonchev–Trinajstić information content (AvgIpc) is 2.34. The van der Waals surface area contributed by atoms with E-state index in [4.69, 9.17) is 9.47 Å². The van der Waals surface area contributed by atoms with Crippen LogP contribution >= 0.6 is 0 Å². The highest BCUT2D eigenvalue weighted by atomic mass is 16.7. The van der Waals surface area contributed by atoms with Gasteiger partial charge >= 0.3 is 0 Å². The van der Waals surface area contributed by atoms with Gasteiger partial charge in [-0.15, -0.1) is 0 Å². The predicted molar refractivity (Wildman–Crippen MR) is 43.7 cm³/mol. The van der Waals surface area contributed by atoms with Crippen molar-refractivity contribution < 1.29 is 9.47 Å². The van der Waals surface area contributed by atoms with E-state index in [0.29, 0.717) is 12.7 Å². The third-order valence-electron chi connectivity index (χ3n) is 1.42. The molecule has 1 rings (SSSR count). The lowest BCUT2D eigenvalue weighted by Gasteiger charge is -1.98. The van der Waals surface area contributed by atoms with Gasteiger partial charge in [-0.3, -0.25) is 0 Å². The first kappa shape index (κ1) is 8.18. The van der Waals surface area contributed by atoms with Crippen LogP contribution in [0.5, 0.6) is 0 Å². The van der Waals surface area contributed by atoms with E-state index in [9.17, 15) is 0 Å². The fourth-order valence-corrected chi connectivity index (χ4v) is 0.957. The molecule has 0 spiro atoms. The van der Waals surface area contributed by atoms with Crippen molar-refractivity contribution >= 4 is 0 Å². The Morgan fingerprint density at radius 2 is 1.91 bits per heavy atom. The van der Waals surface area contributed by atoms with Crippen LogP contribution in [0, 0.1) is 5.92 Å². The molecular formula is C9H14O2. The van der Waals surface area contributed by atoms with Gasteiger partial charge in [0.05, 0.1) is 0 Å². The number of hydrogen-bond donors (Lipinski definition) is 0. The molecule has 0 bridgehead atoms. The molecular weight excluding hydrogens is 140 g/mol. The van der Waals surface area contributed by atoms with E-state index in [1.54, 1.807) is 0 Å². The van der Waals surface area contributed by atoms with Crippen molar-refractivity contribution in [2.24, 2.45) is 5.92 Å². The smallest absolute Gasteiger partial charge is 0.231 e. The highest BCUT2D eigenvalue weighted by Crippen LogP contribution is 2.21. The van der Waals surface area contributed by atoms with Crippen LogP contribution in [0.25, 0.3) is 0 Å². The van der Waals surface area contributed by atoms with Gasteiger partial charge in [0, 0.05) is 0 Å². The Hall–Kier alpha value is -0.920. The molecule has 1 aliphatic rings. The first-order valence-electron chi connectivity index (χ1n) is 3.88. The Kier molecular flexibility index (Phi) is 2.58. The summed E-state index contributed by atoms with van der Waals surface area (Å²) in [5.41, 5.74) is 0. The highest BCUT2D eigenvalue weighted by Gasteiger charge is 2.14. The minimum absolute atomic E-state index is 0.359. The second-order valence-electron chi connectivity index (χ2n) is 2.83. The van der Waals surface area contributed by atoms with Crippen LogP contribution in [0.2, 0.25) is 0 Å².